The predicted octanol–water partition coefficient (Wildman–Crippen LogP) is 3.64. The molecule has 0 bridgehead atoms. The standard InChI is InChI=1S/C17H23ClN2O2/c1-11(2)9-17(4,10-19)20-16(21)8-13-14(18)6-12(3)7-15(13)22-5/h6-7,11H,8-9H2,1-5H3,(H,20,21). The molecular weight excluding hydrogens is 300 g/mol. The van der Waals surface area contributed by atoms with Crippen molar-refractivity contribution in [2.45, 2.75) is 46.1 Å². The molecule has 0 fully saturated rings. The number of hydrogen-bond acceptors (Lipinski definition) is 3. The van der Waals surface area contributed by atoms with Crippen molar-refractivity contribution in [3.63, 3.8) is 0 Å². The van der Waals surface area contributed by atoms with E-state index in [1.165, 1.54) is 0 Å². The Hall–Kier alpha value is -1.73. The summed E-state index contributed by atoms with van der Waals surface area (Å²) in [5.41, 5.74) is 0.722. The van der Waals surface area contributed by atoms with E-state index in [0.29, 0.717) is 28.7 Å². The number of nitrogens with zero attached hydrogens (tertiary/aromatic N) is 1. The molecule has 5 heteroatoms. The summed E-state index contributed by atoms with van der Waals surface area (Å²) < 4.78 is 5.30. The Labute approximate surface area is 137 Å². The lowest BCUT2D eigenvalue weighted by molar-refractivity contribution is -0.121. The summed E-state index contributed by atoms with van der Waals surface area (Å²) in [6.07, 6.45) is 0.672. The van der Waals surface area contributed by atoms with Crippen LogP contribution in [0.5, 0.6) is 5.75 Å². The molecular formula is C17H23ClN2O2. The molecule has 22 heavy (non-hydrogen) atoms. The van der Waals surface area contributed by atoms with E-state index in [2.05, 4.69) is 11.4 Å². The van der Waals surface area contributed by atoms with Gasteiger partial charge < -0.3 is 10.1 Å². The molecule has 1 rings (SSSR count). The van der Waals surface area contributed by atoms with Gasteiger partial charge in [-0.25, -0.2) is 0 Å². The van der Waals surface area contributed by atoms with Crippen molar-refractivity contribution < 1.29 is 9.53 Å². The van der Waals surface area contributed by atoms with Crippen molar-refractivity contribution in [2.24, 2.45) is 5.92 Å². The van der Waals surface area contributed by atoms with Gasteiger partial charge in [-0.3, -0.25) is 4.79 Å². The number of carbonyl (C=O) groups is 1. The molecule has 1 N–H and O–H groups in total. The Kier molecular flexibility index (Phi) is 6.25. The van der Waals surface area contributed by atoms with Gasteiger partial charge in [0.2, 0.25) is 5.91 Å². The summed E-state index contributed by atoms with van der Waals surface area (Å²) in [5.74, 6) is 0.652. The Bertz CT molecular complexity index is 593. The minimum Gasteiger partial charge on any atom is -0.496 e. The first-order valence-electron chi connectivity index (χ1n) is 7.26. The summed E-state index contributed by atoms with van der Waals surface area (Å²) >= 11 is 6.22. The van der Waals surface area contributed by atoms with E-state index in [1.807, 2.05) is 26.8 Å². The van der Waals surface area contributed by atoms with Crippen LogP contribution in [0.2, 0.25) is 5.02 Å². The second-order valence-electron chi connectivity index (χ2n) is 6.19. The zero-order chi connectivity index (χ0) is 16.9. The first-order valence-corrected chi connectivity index (χ1v) is 7.64. The lowest BCUT2D eigenvalue weighted by atomic mass is 9.92. The molecule has 1 amide bonds. The van der Waals surface area contributed by atoms with Gasteiger partial charge in [0.15, 0.2) is 0 Å². The number of amides is 1. The van der Waals surface area contributed by atoms with E-state index in [0.717, 1.165) is 5.56 Å². The number of methoxy groups -OCH3 is 1. The number of benzene rings is 1. The van der Waals surface area contributed by atoms with Crippen LogP contribution in [0.25, 0.3) is 0 Å². The Morgan fingerprint density at radius 2 is 2.14 bits per heavy atom. The van der Waals surface area contributed by atoms with E-state index in [9.17, 15) is 10.1 Å². The van der Waals surface area contributed by atoms with E-state index in [1.54, 1.807) is 20.1 Å². The van der Waals surface area contributed by atoms with Crippen LogP contribution in [-0.4, -0.2) is 18.6 Å². The fourth-order valence-electron chi connectivity index (χ4n) is 2.55. The number of nitriles is 1. The minimum atomic E-state index is -0.879. The Balaban J connectivity index is 2.92. The molecule has 120 valence electrons. The zero-order valence-corrected chi connectivity index (χ0v) is 14.5. The fraction of sp³-hybridized carbons (Fsp3) is 0.529. The average Bonchev–Trinajstić information content (AvgIpc) is 2.40. The molecule has 0 aromatic heterocycles. The highest BCUT2D eigenvalue weighted by molar-refractivity contribution is 6.31. The zero-order valence-electron chi connectivity index (χ0n) is 13.8. The van der Waals surface area contributed by atoms with Crippen molar-refractivity contribution in [3.05, 3.63) is 28.3 Å². The molecule has 1 atom stereocenters. The highest BCUT2D eigenvalue weighted by Crippen LogP contribution is 2.29. The van der Waals surface area contributed by atoms with Gasteiger partial charge in [-0.2, -0.15) is 5.26 Å². The third-order valence-electron chi connectivity index (χ3n) is 3.33. The van der Waals surface area contributed by atoms with Crippen LogP contribution in [0.1, 0.15) is 38.3 Å². The number of rotatable bonds is 6. The smallest absolute Gasteiger partial charge is 0.225 e. The first kappa shape index (κ1) is 18.3. The second kappa shape index (κ2) is 7.51. The molecule has 0 heterocycles. The van der Waals surface area contributed by atoms with Gasteiger partial charge in [-0.15, -0.1) is 0 Å². The van der Waals surface area contributed by atoms with E-state index in [-0.39, 0.29) is 12.3 Å². The van der Waals surface area contributed by atoms with E-state index in [4.69, 9.17) is 16.3 Å². The summed E-state index contributed by atoms with van der Waals surface area (Å²) in [6.45, 7) is 7.68. The van der Waals surface area contributed by atoms with Crippen LogP contribution in [0.15, 0.2) is 12.1 Å². The SMILES string of the molecule is COc1cc(C)cc(Cl)c1CC(=O)NC(C)(C#N)CC(C)C. The molecule has 0 aliphatic heterocycles. The van der Waals surface area contributed by atoms with Gasteiger partial charge in [-0.05, 0) is 43.9 Å². The normalized spacial score (nSPS) is 13.4. The maximum atomic E-state index is 12.3. The lowest BCUT2D eigenvalue weighted by Gasteiger charge is -2.25. The number of carbonyl (C=O) groups excluding carboxylic acids is 1. The van der Waals surface area contributed by atoms with Crippen LogP contribution in [-0.2, 0) is 11.2 Å². The largest absolute Gasteiger partial charge is 0.496 e. The molecule has 4 nitrogen and oxygen atoms in total. The van der Waals surface area contributed by atoms with Crippen molar-refractivity contribution in [3.8, 4) is 11.8 Å². The molecule has 1 aromatic rings. The highest BCUT2D eigenvalue weighted by Gasteiger charge is 2.27. The molecule has 0 saturated carbocycles. The van der Waals surface area contributed by atoms with Gasteiger partial charge in [0.25, 0.3) is 0 Å². The maximum absolute atomic E-state index is 12.3. The number of ether oxygens (including phenoxy) is 1. The summed E-state index contributed by atoms with van der Waals surface area (Å²) in [5, 5.41) is 12.6. The molecule has 0 saturated heterocycles. The van der Waals surface area contributed by atoms with Gasteiger partial charge in [0.1, 0.15) is 11.3 Å². The van der Waals surface area contributed by atoms with Crippen molar-refractivity contribution in [2.75, 3.05) is 7.11 Å². The van der Waals surface area contributed by atoms with Crippen LogP contribution < -0.4 is 10.1 Å². The fourth-order valence-corrected chi connectivity index (χ4v) is 2.88. The minimum absolute atomic E-state index is 0.0810. The van der Waals surface area contributed by atoms with Gasteiger partial charge in [0, 0.05) is 10.6 Å². The average molecular weight is 323 g/mol. The highest BCUT2D eigenvalue weighted by atomic mass is 35.5. The van der Waals surface area contributed by atoms with Crippen LogP contribution in [0, 0.1) is 24.2 Å². The number of aryl methyl sites for hydroxylation is 1. The number of halogens is 1. The van der Waals surface area contributed by atoms with Crippen LogP contribution in [0.3, 0.4) is 0 Å². The van der Waals surface area contributed by atoms with Crippen molar-refractivity contribution in [1.82, 2.24) is 5.32 Å². The number of hydrogen-bond donors (Lipinski definition) is 1. The molecule has 0 spiro atoms. The maximum Gasteiger partial charge on any atom is 0.225 e. The van der Waals surface area contributed by atoms with Crippen LogP contribution in [0.4, 0.5) is 0 Å². The quantitative estimate of drug-likeness (QED) is 0.869. The molecule has 0 radical (unpaired) electrons. The third kappa shape index (κ3) is 4.92. The topological polar surface area (TPSA) is 62.1 Å². The molecule has 1 aromatic carbocycles. The van der Waals surface area contributed by atoms with E-state index >= 15 is 0 Å². The van der Waals surface area contributed by atoms with Gasteiger partial charge in [-0.1, -0.05) is 25.4 Å². The Morgan fingerprint density at radius 3 is 2.64 bits per heavy atom. The molecule has 0 aliphatic carbocycles. The monoisotopic (exact) mass is 322 g/mol. The van der Waals surface area contributed by atoms with Crippen LogP contribution >= 0.6 is 11.6 Å². The Morgan fingerprint density at radius 1 is 1.50 bits per heavy atom. The number of nitrogens with one attached hydrogen (secondary N) is 1. The van der Waals surface area contributed by atoms with Crippen molar-refractivity contribution >= 4 is 17.5 Å². The summed E-state index contributed by atoms with van der Waals surface area (Å²) in [6, 6.07) is 5.82. The summed E-state index contributed by atoms with van der Waals surface area (Å²) in [7, 11) is 1.55. The molecule has 1 unspecified atom stereocenters. The second-order valence-corrected chi connectivity index (χ2v) is 6.60. The molecule has 0 aliphatic rings. The predicted molar refractivity (Wildman–Crippen MR) is 88.1 cm³/mol. The van der Waals surface area contributed by atoms with E-state index < -0.39 is 5.54 Å². The van der Waals surface area contributed by atoms with Crippen molar-refractivity contribution in [1.29, 1.82) is 5.26 Å². The first-order chi connectivity index (χ1) is 10.2. The summed E-state index contributed by atoms with van der Waals surface area (Å²) in [4.78, 5) is 12.3. The van der Waals surface area contributed by atoms with Gasteiger partial charge in [0.05, 0.1) is 19.6 Å². The lowest BCUT2D eigenvalue weighted by Crippen LogP contribution is -2.46. The van der Waals surface area contributed by atoms with Gasteiger partial charge >= 0.3 is 0 Å². The third-order valence-corrected chi connectivity index (χ3v) is 3.67.